The molecule has 0 aliphatic carbocycles. The van der Waals surface area contributed by atoms with Crippen molar-refractivity contribution in [3.05, 3.63) is 54.6 Å². The van der Waals surface area contributed by atoms with Crippen LogP contribution in [0.25, 0.3) is 32.7 Å². The maximum atomic E-state index is 6.22. The monoisotopic (exact) mass is 228 g/mol. The maximum absolute atomic E-state index is 6.22. The molecule has 0 aliphatic heterocycles. The molecule has 1 nitrogen and oxygen atoms in total. The summed E-state index contributed by atoms with van der Waals surface area (Å²) in [7, 11) is 6.22. The van der Waals surface area contributed by atoms with Gasteiger partial charge >= 0.3 is 0 Å². The fourth-order valence-electron chi connectivity index (χ4n) is 2.55. The van der Waals surface area contributed by atoms with E-state index < -0.39 is 0 Å². The average molecular weight is 228 g/mol. The molecule has 2 radical (unpaired) electrons. The Bertz CT molecular complexity index is 889. The number of hydrogen-bond donors (Lipinski definition) is 0. The van der Waals surface area contributed by atoms with Crippen molar-refractivity contribution in [1.29, 1.82) is 0 Å². The molecular weight excluding hydrogens is 219 g/mol. The molecule has 0 atom stereocenters. The fraction of sp³-hybridized carbons (Fsp3) is 0. The Balaban J connectivity index is 2.33. The lowest BCUT2D eigenvalue weighted by atomic mass is 9.88. The average Bonchev–Trinajstić information content (AvgIpc) is 2.79. The number of rotatable bonds is 0. The van der Waals surface area contributed by atoms with Crippen molar-refractivity contribution in [1.82, 2.24) is 0 Å². The van der Waals surface area contributed by atoms with Gasteiger partial charge in [-0.1, -0.05) is 42.5 Å². The van der Waals surface area contributed by atoms with Crippen molar-refractivity contribution in [3.8, 4) is 0 Å². The van der Waals surface area contributed by atoms with Gasteiger partial charge in [0.2, 0.25) is 0 Å². The third kappa shape index (κ3) is 1.18. The van der Waals surface area contributed by atoms with Crippen molar-refractivity contribution in [2.75, 3.05) is 0 Å². The summed E-state index contributed by atoms with van der Waals surface area (Å²) in [6, 6.07) is 18.3. The van der Waals surface area contributed by atoms with Gasteiger partial charge in [0.15, 0.2) is 0 Å². The van der Waals surface area contributed by atoms with E-state index >= 15 is 0 Å². The molecule has 2 heteroatoms. The minimum atomic E-state index is 0.722. The standard InChI is InChI=1S/C16H9BO/c17-15-11-6-2-1-5-10(11)9-13-12-7-3-4-8-14(12)18-16(13)15/h1-9H. The van der Waals surface area contributed by atoms with Crippen molar-refractivity contribution >= 4 is 46.0 Å². The lowest BCUT2D eigenvalue weighted by Gasteiger charge is -2.02. The van der Waals surface area contributed by atoms with E-state index in [1.165, 1.54) is 0 Å². The van der Waals surface area contributed by atoms with Crippen LogP contribution < -0.4 is 5.46 Å². The van der Waals surface area contributed by atoms with Gasteiger partial charge in [-0.2, -0.15) is 0 Å². The van der Waals surface area contributed by atoms with Gasteiger partial charge in [-0.15, -0.1) is 0 Å². The predicted octanol–water partition coefficient (Wildman–Crippen LogP) is 3.53. The first kappa shape index (κ1) is 9.78. The molecule has 0 aliphatic rings. The van der Waals surface area contributed by atoms with Crippen LogP contribution in [0.2, 0.25) is 0 Å². The molecule has 0 unspecified atom stereocenters. The molecule has 4 rings (SSSR count). The highest BCUT2D eigenvalue weighted by Gasteiger charge is 2.10. The van der Waals surface area contributed by atoms with Crippen molar-refractivity contribution in [2.45, 2.75) is 0 Å². The Morgan fingerprint density at radius 3 is 2.39 bits per heavy atom. The van der Waals surface area contributed by atoms with Gasteiger partial charge in [-0.3, -0.25) is 0 Å². The topological polar surface area (TPSA) is 13.1 Å². The quantitative estimate of drug-likeness (QED) is 0.419. The van der Waals surface area contributed by atoms with Crippen LogP contribution in [0, 0.1) is 0 Å². The zero-order valence-corrected chi connectivity index (χ0v) is 9.68. The lowest BCUT2D eigenvalue weighted by molar-refractivity contribution is 0.672. The Hall–Kier alpha value is -2.22. The van der Waals surface area contributed by atoms with Crippen LogP contribution in [0.4, 0.5) is 0 Å². The summed E-state index contributed by atoms with van der Waals surface area (Å²) in [5, 5.41) is 4.39. The fourth-order valence-corrected chi connectivity index (χ4v) is 2.55. The van der Waals surface area contributed by atoms with Gasteiger partial charge in [-0.25, -0.2) is 0 Å². The Morgan fingerprint density at radius 1 is 0.778 bits per heavy atom. The Kier molecular flexibility index (Phi) is 1.84. The summed E-state index contributed by atoms with van der Waals surface area (Å²) in [6.07, 6.45) is 0. The van der Waals surface area contributed by atoms with Crippen LogP contribution in [-0.2, 0) is 0 Å². The lowest BCUT2D eigenvalue weighted by Crippen LogP contribution is -2.04. The number of para-hydroxylation sites is 1. The molecule has 4 aromatic rings. The molecule has 82 valence electrons. The van der Waals surface area contributed by atoms with E-state index in [-0.39, 0.29) is 0 Å². The summed E-state index contributed by atoms with van der Waals surface area (Å²) < 4.78 is 5.87. The number of benzene rings is 3. The number of furan rings is 1. The summed E-state index contributed by atoms with van der Waals surface area (Å²) in [6.45, 7) is 0. The van der Waals surface area contributed by atoms with Crippen LogP contribution in [0.3, 0.4) is 0 Å². The van der Waals surface area contributed by atoms with Crippen molar-refractivity contribution in [3.63, 3.8) is 0 Å². The molecular formula is C16H9BO. The smallest absolute Gasteiger partial charge is 0.135 e. The van der Waals surface area contributed by atoms with Crippen LogP contribution in [-0.4, -0.2) is 7.85 Å². The van der Waals surface area contributed by atoms with E-state index in [0.29, 0.717) is 0 Å². The second-order valence-electron chi connectivity index (χ2n) is 4.49. The molecule has 0 saturated heterocycles. The molecule has 1 heterocycles. The SMILES string of the molecule is [B]c1c2ccccc2cc2c1oc1ccccc12. The van der Waals surface area contributed by atoms with Gasteiger partial charge in [0.05, 0.1) is 0 Å². The summed E-state index contributed by atoms with van der Waals surface area (Å²) in [4.78, 5) is 0. The molecule has 1 aromatic heterocycles. The van der Waals surface area contributed by atoms with Gasteiger partial charge in [0, 0.05) is 10.8 Å². The minimum absolute atomic E-state index is 0.722. The highest BCUT2D eigenvalue weighted by molar-refractivity contribution is 6.45. The summed E-state index contributed by atoms with van der Waals surface area (Å²) >= 11 is 0. The van der Waals surface area contributed by atoms with Crippen LogP contribution in [0.15, 0.2) is 59.0 Å². The van der Waals surface area contributed by atoms with E-state index in [9.17, 15) is 0 Å². The van der Waals surface area contributed by atoms with E-state index in [4.69, 9.17) is 12.3 Å². The highest BCUT2D eigenvalue weighted by atomic mass is 16.3. The number of fused-ring (bicyclic) bond motifs is 4. The second-order valence-corrected chi connectivity index (χ2v) is 4.49. The molecule has 0 amide bonds. The van der Waals surface area contributed by atoms with E-state index in [2.05, 4.69) is 18.2 Å². The van der Waals surface area contributed by atoms with Crippen molar-refractivity contribution in [2.24, 2.45) is 0 Å². The Labute approximate surface area is 105 Å². The molecule has 0 fully saturated rings. The first-order valence-corrected chi connectivity index (χ1v) is 5.93. The highest BCUT2D eigenvalue weighted by Crippen LogP contribution is 2.30. The molecule has 18 heavy (non-hydrogen) atoms. The normalized spacial score (nSPS) is 11.6. The minimum Gasteiger partial charge on any atom is -0.457 e. The zero-order valence-electron chi connectivity index (χ0n) is 9.68. The molecule has 0 saturated carbocycles. The molecule has 0 N–H and O–H groups in total. The van der Waals surface area contributed by atoms with Crippen LogP contribution in [0.5, 0.6) is 0 Å². The third-order valence-electron chi connectivity index (χ3n) is 3.43. The van der Waals surface area contributed by atoms with E-state index in [0.717, 1.165) is 38.2 Å². The van der Waals surface area contributed by atoms with Gasteiger partial charge in [0.1, 0.15) is 19.0 Å². The largest absolute Gasteiger partial charge is 0.457 e. The second kappa shape index (κ2) is 3.39. The van der Waals surface area contributed by atoms with Crippen molar-refractivity contribution < 1.29 is 4.42 Å². The van der Waals surface area contributed by atoms with E-state index in [1.54, 1.807) is 0 Å². The third-order valence-corrected chi connectivity index (χ3v) is 3.43. The molecule has 3 aromatic carbocycles. The summed E-state index contributed by atoms with van der Waals surface area (Å²) in [5.41, 5.74) is 2.39. The van der Waals surface area contributed by atoms with Gasteiger partial charge in [-0.05, 0) is 28.4 Å². The maximum Gasteiger partial charge on any atom is 0.135 e. The Morgan fingerprint density at radius 2 is 1.50 bits per heavy atom. The zero-order chi connectivity index (χ0) is 12.1. The molecule has 0 spiro atoms. The summed E-state index contributed by atoms with van der Waals surface area (Å²) in [5.74, 6) is 0. The predicted molar refractivity (Wildman–Crippen MR) is 76.6 cm³/mol. The first-order chi connectivity index (χ1) is 8.84. The van der Waals surface area contributed by atoms with Gasteiger partial charge in [0.25, 0.3) is 0 Å². The van der Waals surface area contributed by atoms with Gasteiger partial charge < -0.3 is 4.42 Å². The number of hydrogen-bond acceptors (Lipinski definition) is 1. The first-order valence-electron chi connectivity index (χ1n) is 5.93. The van der Waals surface area contributed by atoms with Crippen LogP contribution >= 0.6 is 0 Å². The van der Waals surface area contributed by atoms with Crippen LogP contribution in [0.1, 0.15) is 0 Å². The molecule has 0 bridgehead atoms. The van der Waals surface area contributed by atoms with E-state index in [1.807, 2.05) is 36.4 Å².